The van der Waals surface area contributed by atoms with Gasteiger partial charge in [0.25, 0.3) is 0 Å². The summed E-state index contributed by atoms with van der Waals surface area (Å²) in [5, 5.41) is 10.6. The van der Waals surface area contributed by atoms with Crippen molar-refractivity contribution in [2.24, 2.45) is 0 Å². The Bertz CT molecular complexity index is 694. The molecule has 10 heteroatoms. The minimum atomic E-state index is -3.22. The minimum absolute atomic E-state index is 0.0795. The maximum atomic E-state index is 12.0. The maximum Gasteiger partial charge on any atom is 0.220 e. The van der Waals surface area contributed by atoms with Crippen LogP contribution >= 0.6 is 0 Å². The first-order valence-electron chi connectivity index (χ1n) is 8.51. The number of carbonyl (C=O) groups is 1. The van der Waals surface area contributed by atoms with Crippen LogP contribution in [0.3, 0.4) is 0 Å². The highest BCUT2D eigenvalue weighted by atomic mass is 32.2. The van der Waals surface area contributed by atoms with E-state index in [2.05, 4.69) is 15.7 Å². The Balaban J connectivity index is 1.41. The smallest absolute Gasteiger partial charge is 0.220 e. The molecule has 1 aromatic heterocycles. The van der Waals surface area contributed by atoms with Gasteiger partial charge in [0.1, 0.15) is 0 Å². The summed E-state index contributed by atoms with van der Waals surface area (Å²) in [6, 6.07) is 2.04. The number of amides is 1. The molecule has 3 heterocycles. The van der Waals surface area contributed by atoms with Crippen LogP contribution in [0.15, 0.2) is 6.07 Å². The van der Waals surface area contributed by atoms with Crippen molar-refractivity contribution in [1.29, 1.82) is 0 Å². The Morgan fingerprint density at radius 3 is 3.08 bits per heavy atom. The van der Waals surface area contributed by atoms with Gasteiger partial charge in [-0.1, -0.05) is 0 Å². The number of fused-ring (bicyclic) bond motifs is 1. The molecular weight excluding hydrogens is 346 g/mol. The van der Waals surface area contributed by atoms with Crippen LogP contribution < -0.4 is 10.6 Å². The normalized spacial score (nSPS) is 21.7. The van der Waals surface area contributed by atoms with Crippen LogP contribution in [0.5, 0.6) is 0 Å². The van der Waals surface area contributed by atoms with Crippen LogP contribution in [0.25, 0.3) is 0 Å². The molecule has 1 saturated heterocycles. The largest absolute Gasteiger partial charge is 0.374 e. The second kappa shape index (κ2) is 7.81. The van der Waals surface area contributed by atoms with E-state index in [0.717, 1.165) is 31.0 Å². The molecule has 2 aliphatic rings. The number of nitrogens with zero attached hydrogens (tertiary/aromatic N) is 3. The number of morpholine rings is 1. The van der Waals surface area contributed by atoms with E-state index >= 15 is 0 Å². The Kier molecular flexibility index (Phi) is 5.72. The van der Waals surface area contributed by atoms with Crippen LogP contribution in [0.4, 0.5) is 0 Å². The van der Waals surface area contributed by atoms with Gasteiger partial charge >= 0.3 is 0 Å². The molecule has 3 rings (SSSR count). The molecular formula is C15H25N5O4S. The van der Waals surface area contributed by atoms with Crippen molar-refractivity contribution in [2.45, 2.75) is 32.0 Å². The van der Waals surface area contributed by atoms with E-state index in [1.54, 1.807) is 0 Å². The lowest BCUT2D eigenvalue weighted by Crippen LogP contribution is -2.49. The summed E-state index contributed by atoms with van der Waals surface area (Å²) in [5.41, 5.74) is 2.07. The highest BCUT2D eigenvalue weighted by molar-refractivity contribution is 7.88. The van der Waals surface area contributed by atoms with Crippen molar-refractivity contribution in [2.75, 3.05) is 39.0 Å². The van der Waals surface area contributed by atoms with Crippen LogP contribution in [-0.4, -0.2) is 73.6 Å². The third-order valence-corrected chi connectivity index (χ3v) is 5.70. The van der Waals surface area contributed by atoms with Gasteiger partial charge in [0.2, 0.25) is 15.9 Å². The van der Waals surface area contributed by atoms with Gasteiger partial charge in [0, 0.05) is 45.6 Å². The second-order valence-corrected chi connectivity index (χ2v) is 8.43. The van der Waals surface area contributed by atoms with Gasteiger partial charge in [-0.05, 0) is 6.07 Å². The van der Waals surface area contributed by atoms with Gasteiger partial charge in [-0.15, -0.1) is 0 Å². The number of aromatic nitrogens is 2. The summed E-state index contributed by atoms with van der Waals surface area (Å²) in [4.78, 5) is 12.0. The lowest BCUT2D eigenvalue weighted by molar-refractivity contribution is -0.122. The van der Waals surface area contributed by atoms with Crippen molar-refractivity contribution < 1.29 is 17.9 Å². The first-order valence-corrected chi connectivity index (χ1v) is 10.4. The van der Waals surface area contributed by atoms with E-state index in [9.17, 15) is 13.2 Å². The van der Waals surface area contributed by atoms with Crippen molar-refractivity contribution in [3.05, 3.63) is 17.5 Å². The van der Waals surface area contributed by atoms with Crippen molar-refractivity contribution in [3.63, 3.8) is 0 Å². The molecule has 0 spiro atoms. The number of sulfonamides is 1. The summed E-state index contributed by atoms with van der Waals surface area (Å²) in [6.07, 6.45) is 1.83. The standard InChI is InChI=1S/C15H25N5O4S/c1-25(22,23)19-6-7-24-14(11-19)10-17-15(21)3-2-12-8-13-9-16-4-5-20(13)18-12/h8,14,16H,2-7,9-11H2,1H3,(H,17,21)/t14-/m0/s1. The molecule has 2 aliphatic heterocycles. The SMILES string of the molecule is CS(=O)(=O)N1CCO[C@@H](CNC(=O)CCc2cc3n(n2)CCNC3)C1. The Morgan fingerprint density at radius 1 is 1.48 bits per heavy atom. The molecule has 1 atom stereocenters. The second-order valence-electron chi connectivity index (χ2n) is 6.44. The topological polar surface area (TPSA) is 106 Å². The molecule has 0 aromatic carbocycles. The molecule has 0 unspecified atom stereocenters. The fourth-order valence-corrected chi connectivity index (χ4v) is 3.89. The average Bonchev–Trinajstić information content (AvgIpc) is 3.00. The molecule has 0 radical (unpaired) electrons. The Hall–Kier alpha value is -1.49. The lowest BCUT2D eigenvalue weighted by Gasteiger charge is -2.31. The van der Waals surface area contributed by atoms with Crippen LogP contribution in [0.1, 0.15) is 17.8 Å². The zero-order valence-corrected chi connectivity index (χ0v) is 15.2. The molecule has 0 saturated carbocycles. The predicted molar refractivity (Wildman–Crippen MR) is 91.4 cm³/mol. The molecule has 9 nitrogen and oxygen atoms in total. The van der Waals surface area contributed by atoms with Gasteiger partial charge in [0.05, 0.1) is 36.9 Å². The zero-order valence-electron chi connectivity index (χ0n) is 14.4. The highest BCUT2D eigenvalue weighted by Crippen LogP contribution is 2.10. The molecule has 1 fully saturated rings. The van der Waals surface area contributed by atoms with E-state index in [-0.39, 0.29) is 18.6 Å². The number of hydrogen-bond acceptors (Lipinski definition) is 6. The lowest BCUT2D eigenvalue weighted by atomic mass is 10.2. The molecule has 1 aromatic rings. The van der Waals surface area contributed by atoms with Gasteiger partial charge in [-0.2, -0.15) is 9.40 Å². The van der Waals surface area contributed by atoms with Gasteiger partial charge in [-0.25, -0.2) is 8.42 Å². The summed E-state index contributed by atoms with van der Waals surface area (Å²) in [5.74, 6) is -0.0795. The Labute approximate surface area is 147 Å². The number of carbonyl (C=O) groups excluding carboxylic acids is 1. The van der Waals surface area contributed by atoms with Gasteiger partial charge in [0.15, 0.2) is 0 Å². The molecule has 0 aliphatic carbocycles. The quantitative estimate of drug-likeness (QED) is 0.644. The van der Waals surface area contributed by atoms with E-state index < -0.39 is 10.0 Å². The molecule has 140 valence electrons. The third-order valence-electron chi connectivity index (χ3n) is 4.43. The van der Waals surface area contributed by atoms with E-state index in [4.69, 9.17) is 4.74 Å². The first-order chi connectivity index (χ1) is 11.9. The predicted octanol–water partition coefficient (Wildman–Crippen LogP) is -1.30. The molecule has 25 heavy (non-hydrogen) atoms. The number of nitrogens with one attached hydrogen (secondary N) is 2. The van der Waals surface area contributed by atoms with Gasteiger partial charge < -0.3 is 15.4 Å². The van der Waals surface area contributed by atoms with Crippen LogP contribution in [-0.2, 0) is 39.1 Å². The van der Waals surface area contributed by atoms with Crippen molar-refractivity contribution >= 4 is 15.9 Å². The number of hydrogen-bond donors (Lipinski definition) is 2. The summed E-state index contributed by atoms with van der Waals surface area (Å²) in [7, 11) is -3.22. The molecule has 0 bridgehead atoms. The summed E-state index contributed by atoms with van der Waals surface area (Å²) in [6.45, 7) is 3.90. The monoisotopic (exact) mass is 371 g/mol. The van der Waals surface area contributed by atoms with Gasteiger partial charge in [-0.3, -0.25) is 9.48 Å². The van der Waals surface area contributed by atoms with Crippen molar-refractivity contribution in [1.82, 2.24) is 24.7 Å². The number of rotatable bonds is 6. The third kappa shape index (κ3) is 5.00. The van der Waals surface area contributed by atoms with E-state index in [1.807, 2.05) is 10.7 Å². The fourth-order valence-electron chi connectivity index (χ4n) is 3.05. The van der Waals surface area contributed by atoms with Crippen LogP contribution in [0, 0.1) is 0 Å². The van der Waals surface area contributed by atoms with E-state index in [1.165, 1.54) is 10.6 Å². The fraction of sp³-hybridized carbons (Fsp3) is 0.733. The number of ether oxygens (including phenoxy) is 1. The van der Waals surface area contributed by atoms with E-state index in [0.29, 0.717) is 32.5 Å². The Morgan fingerprint density at radius 2 is 2.32 bits per heavy atom. The first kappa shape index (κ1) is 18.3. The minimum Gasteiger partial charge on any atom is -0.374 e. The van der Waals surface area contributed by atoms with Crippen LogP contribution in [0.2, 0.25) is 0 Å². The summed E-state index contributed by atoms with van der Waals surface area (Å²) < 4.78 is 32.1. The summed E-state index contributed by atoms with van der Waals surface area (Å²) >= 11 is 0. The zero-order chi connectivity index (χ0) is 17.9. The molecule has 1 amide bonds. The highest BCUT2D eigenvalue weighted by Gasteiger charge is 2.26. The molecule has 2 N–H and O–H groups in total. The average molecular weight is 371 g/mol. The van der Waals surface area contributed by atoms with Crippen molar-refractivity contribution in [3.8, 4) is 0 Å². The maximum absolute atomic E-state index is 12.0. The number of aryl methyl sites for hydroxylation is 1.